The van der Waals surface area contributed by atoms with Crippen LogP contribution in [0.1, 0.15) is 18.9 Å². The van der Waals surface area contributed by atoms with Crippen LogP contribution in [0.2, 0.25) is 5.02 Å². The highest BCUT2D eigenvalue weighted by molar-refractivity contribution is 8.17. The zero-order valence-corrected chi connectivity index (χ0v) is 13.3. The van der Waals surface area contributed by atoms with Crippen molar-refractivity contribution in [2.45, 2.75) is 13.3 Å². The number of hydrogen-bond donors (Lipinski definition) is 0. The van der Waals surface area contributed by atoms with Crippen LogP contribution in [0.5, 0.6) is 0 Å². The van der Waals surface area contributed by atoms with Crippen molar-refractivity contribution in [3.8, 4) is 0 Å². The van der Waals surface area contributed by atoms with E-state index in [0.29, 0.717) is 0 Å². The molecule has 0 unspecified atom stereocenters. The molecule has 0 amide bonds. The number of halogens is 1. The zero-order chi connectivity index (χ0) is 14.4. The van der Waals surface area contributed by atoms with E-state index in [2.05, 4.69) is 41.1 Å². The van der Waals surface area contributed by atoms with Gasteiger partial charge in [0, 0.05) is 27.4 Å². The molecule has 0 saturated carbocycles. The molecule has 0 fully saturated rings. The Labute approximate surface area is 133 Å². The van der Waals surface area contributed by atoms with Crippen molar-refractivity contribution in [1.29, 1.82) is 0 Å². The van der Waals surface area contributed by atoms with Crippen molar-refractivity contribution < 1.29 is 0 Å². The Hall–Kier alpha value is -1.45. The molecule has 0 bridgehead atoms. The summed E-state index contributed by atoms with van der Waals surface area (Å²) < 4.78 is 0. The van der Waals surface area contributed by atoms with E-state index in [1.807, 2.05) is 23.9 Å². The van der Waals surface area contributed by atoms with Crippen molar-refractivity contribution in [3.05, 3.63) is 51.9 Å². The second kappa shape index (κ2) is 5.08. The third-order valence-electron chi connectivity index (χ3n) is 4.00. The van der Waals surface area contributed by atoms with Crippen LogP contribution in [-0.2, 0) is 0 Å². The van der Waals surface area contributed by atoms with Crippen LogP contribution in [-0.4, -0.2) is 23.2 Å². The smallest absolute Gasteiger partial charge is 0.168 e. The Balaban J connectivity index is 1.98. The lowest BCUT2D eigenvalue weighted by Crippen LogP contribution is -2.20. The Morgan fingerprint density at radius 2 is 2.00 bits per heavy atom. The fraction of sp³-hybridized carbons (Fsp3) is 0.235. The molecular formula is C17H15ClN2S. The predicted octanol–water partition coefficient (Wildman–Crippen LogP) is 4.99. The summed E-state index contributed by atoms with van der Waals surface area (Å²) in [7, 11) is 0. The zero-order valence-electron chi connectivity index (χ0n) is 11.8. The first-order chi connectivity index (χ1) is 10.3. The molecule has 2 aliphatic rings. The van der Waals surface area contributed by atoms with Crippen LogP contribution >= 0.6 is 23.4 Å². The van der Waals surface area contributed by atoms with Crippen molar-refractivity contribution in [3.63, 3.8) is 0 Å². The van der Waals surface area contributed by atoms with Gasteiger partial charge in [0.05, 0.1) is 12.2 Å². The number of allylic oxidation sites excluding steroid dienone is 1. The Kier molecular flexibility index (Phi) is 3.20. The van der Waals surface area contributed by atoms with E-state index in [9.17, 15) is 0 Å². The van der Waals surface area contributed by atoms with Gasteiger partial charge in [-0.05, 0) is 17.9 Å². The minimum atomic E-state index is 0.814. The standard InChI is InChI=1S/C17H15ClN2S/c1-2-15-16(20-10-9-19-17(20)21-15)13-7-3-6-12-11(13)5-4-8-14(12)18/h3-8H,2,9-10H2,1H3. The molecule has 2 heterocycles. The summed E-state index contributed by atoms with van der Waals surface area (Å²) in [6.45, 7) is 4.09. The maximum atomic E-state index is 6.36. The van der Waals surface area contributed by atoms with Crippen LogP contribution < -0.4 is 0 Å². The van der Waals surface area contributed by atoms with Crippen LogP contribution in [0.3, 0.4) is 0 Å². The number of thioether (sulfide) groups is 1. The summed E-state index contributed by atoms with van der Waals surface area (Å²) in [4.78, 5) is 8.37. The first-order valence-electron chi connectivity index (χ1n) is 7.20. The molecule has 0 aliphatic carbocycles. The number of hydrogen-bond acceptors (Lipinski definition) is 3. The summed E-state index contributed by atoms with van der Waals surface area (Å²) >= 11 is 8.18. The molecular weight excluding hydrogens is 300 g/mol. The minimum Gasteiger partial charge on any atom is -0.318 e. The number of fused-ring (bicyclic) bond motifs is 2. The average molecular weight is 315 g/mol. The topological polar surface area (TPSA) is 15.6 Å². The molecule has 4 rings (SSSR count). The van der Waals surface area contributed by atoms with Gasteiger partial charge >= 0.3 is 0 Å². The summed E-state index contributed by atoms with van der Waals surface area (Å²) in [6, 6.07) is 12.5. The highest BCUT2D eigenvalue weighted by Crippen LogP contribution is 2.45. The first kappa shape index (κ1) is 13.2. The number of benzene rings is 2. The molecule has 106 valence electrons. The lowest BCUT2D eigenvalue weighted by Gasteiger charge is -2.19. The van der Waals surface area contributed by atoms with Gasteiger partial charge in [-0.2, -0.15) is 0 Å². The monoisotopic (exact) mass is 314 g/mol. The van der Waals surface area contributed by atoms with E-state index in [4.69, 9.17) is 11.6 Å². The molecule has 0 aromatic heterocycles. The van der Waals surface area contributed by atoms with E-state index >= 15 is 0 Å². The Bertz CT molecular complexity index is 794. The molecule has 4 heteroatoms. The van der Waals surface area contributed by atoms with E-state index < -0.39 is 0 Å². The van der Waals surface area contributed by atoms with Crippen LogP contribution in [0, 0.1) is 0 Å². The summed E-state index contributed by atoms with van der Waals surface area (Å²) in [6.07, 6.45) is 1.03. The third kappa shape index (κ3) is 1.99. The molecule has 0 saturated heterocycles. The number of amidine groups is 1. The van der Waals surface area contributed by atoms with E-state index in [-0.39, 0.29) is 0 Å². The summed E-state index contributed by atoms with van der Waals surface area (Å²) in [5, 5.41) is 4.31. The predicted molar refractivity (Wildman–Crippen MR) is 92.8 cm³/mol. The molecule has 2 aromatic rings. The van der Waals surface area contributed by atoms with Gasteiger partial charge in [-0.25, -0.2) is 0 Å². The largest absolute Gasteiger partial charge is 0.318 e. The molecule has 2 aromatic carbocycles. The van der Waals surface area contributed by atoms with Gasteiger partial charge in [0.1, 0.15) is 0 Å². The van der Waals surface area contributed by atoms with Crippen molar-refractivity contribution in [1.82, 2.24) is 4.90 Å². The molecule has 0 atom stereocenters. The van der Waals surface area contributed by atoms with Crippen LogP contribution in [0.4, 0.5) is 0 Å². The van der Waals surface area contributed by atoms with Gasteiger partial charge < -0.3 is 4.90 Å². The van der Waals surface area contributed by atoms with Gasteiger partial charge in [0.2, 0.25) is 0 Å². The maximum Gasteiger partial charge on any atom is 0.168 e. The molecule has 2 aliphatic heterocycles. The highest BCUT2D eigenvalue weighted by atomic mass is 35.5. The fourth-order valence-corrected chi connectivity index (χ4v) is 4.41. The number of rotatable bonds is 2. The van der Waals surface area contributed by atoms with Crippen molar-refractivity contribution in [2.24, 2.45) is 4.99 Å². The third-order valence-corrected chi connectivity index (χ3v) is 5.59. The highest BCUT2D eigenvalue weighted by Gasteiger charge is 2.32. The van der Waals surface area contributed by atoms with Crippen LogP contribution in [0.25, 0.3) is 16.5 Å². The summed E-state index contributed by atoms with van der Waals surface area (Å²) in [5.74, 6) is 0. The van der Waals surface area contributed by atoms with Gasteiger partial charge in [-0.15, -0.1) is 0 Å². The molecule has 21 heavy (non-hydrogen) atoms. The van der Waals surface area contributed by atoms with Gasteiger partial charge in [-0.1, -0.05) is 60.6 Å². The van der Waals surface area contributed by atoms with Gasteiger partial charge in [0.15, 0.2) is 5.17 Å². The van der Waals surface area contributed by atoms with Crippen LogP contribution in [0.15, 0.2) is 46.3 Å². The maximum absolute atomic E-state index is 6.36. The summed E-state index contributed by atoms with van der Waals surface area (Å²) in [5.41, 5.74) is 2.60. The first-order valence-corrected chi connectivity index (χ1v) is 8.39. The number of nitrogens with zero attached hydrogens (tertiary/aromatic N) is 2. The van der Waals surface area contributed by atoms with E-state index in [0.717, 1.165) is 35.1 Å². The normalized spacial score (nSPS) is 17.6. The second-order valence-electron chi connectivity index (χ2n) is 5.18. The van der Waals surface area contributed by atoms with E-state index in [1.165, 1.54) is 21.6 Å². The lowest BCUT2D eigenvalue weighted by atomic mass is 10.0. The van der Waals surface area contributed by atoms with Gasteiger partial charge in [0.25, 0.3) is 0 Å². The Morgan fingerprint density at radius 1 is 1.19 bits per heavy atom. The minimum absolute atomic E-state index is 0.814. The fourth-order valence-electron chi connectivity index (χ4n) is 3.04. The molecule has 0 radical (unpaired) electrons. The average Bonchev–Trinajstić information content (AvgIpc) is 3.07. The molecule has 0 N–H and O–H groups in total. The number of aliphatic imine (C=N–C) groups is 1. The van der Waals surface area contributed by atoms with E-state index in [1.54, 1.807) is 0 Å². The Morgan fingerprint density at radius 3 is 2.86 bits per heavy atom. The van der Waals surface area contributed by atoms with Gasteiger partial charge in [-0.3, -0.25) is 4.99 Å². The SMILES string of the molecule is CCC1=C(c2cccc3c(Cl)cccc23)N2CCN=C2S1. The molecule has 0 spiro atoms. The van der Waals surface area contributed by atoms with Crippen molar-refractivity contribution in [2.75, 3.05) is 13.1 Å². The van der Waals surface area contributed by atoms with Crippen molar-refractivity contribution >= 4 is 45.0 Å². The molecule has 2 nitrogen and oxygen atoms in total. The lowest BCUT2D eigenvalue weighted by molar-refractivity contribution is 0.647. The second-order valence-corrected chi connectivity index (χ2v) is 6.65. The quantitative estimate of drug-likeness (QED) is 0.776.